The van der Waals surface area contributed by atoms with E-state index in [1.807, 2.05) is 0 Å². The van der Waals surface area contributed by atoms with Gasteiger partial charge >= 0.3 is 0 Å². The van der Waals surface area contributed by atoms with Crippen LogP contribution in [0.1, 0.15) is 19.8 Å². The van der Waals surface area contributed by atoms with Crippen molar-refractivity contribution < 1.29 is 4.74 Å². The summed E-state index contributed by atoms with van der Waals surface area (Å²) in [5.74, 6) is 6.95. The van der Waals surface area contributed by atoms with Crippen LogP contribution in [0, 0.1) is 24.2 Å². The molecule has 22 heavy (non-hydrogen) atoms. The SMILES string of the molecule is C#CCSCCN=C(NCC)N1CC2C3CCC(O3)C2C1.I. The van der Waals surface area contributed by atoms with Gasteiger partial charge in [0.15, 0.2) is 5.96 Å². The van der Waals surface area contributed by atoms with Crippen molar-refractivity contribution in [2.75, 3.05) is 37.7 Å². The smallest absolute Gasteiger partial charge is 0.193 e. The largest absolute Gasteiger partial charge is 0.374 e. The second-order valence-electron chi connectivity index (χ2n) is 6.02. The minimum absolute atomic E-state index is 0. The van der Waals surface area contributed by atoms with Crippen LogP contribution in [0.15, 0.2) is 4.99 Å². The number of nitrogens with one attached hydrogen (secondary N) is 1. The lowest BCUT2D eigenvalue weighted by Gasteiger charge is -2.23. The molecule has 3 saturated heterocycles. The van der Waals surface area contributed by atoms with Crippen LogP contribution in [0.4, 0.5) is 0 Å². The Morgan fingerprint density at radius 3 is 2.64 bits per heavy atom. The first-order valence-electron chi connectivity index (χ1n) is 8.03. The Hall–Kier alpha value is -0.130. The third-order valence-corrected chi connectivity index (χ3v) is 5.61. The van der Waals surface area contributed by atoms with Gasteiger partial charge in [0.05, 0.1) is 24.5 Å². The van der Waals surface area contributed by atoms with E-state index in [2.05, 4.69) is 23.1 Å². The van der Waals surface area contributed by atoms with E-state index in [9.17, 15) is 0 Å². The highest BCUT2D eigenvalue weighted by Crippen LogP contribution is 2.47. The van der Waals surface area contributed by atoms with Crippen LogP contribution in [-0.4, -0.2) is 60.8 Å². The number of nitrogens with zero attached hydrogens (tertiary/aromatic N) is 2. The number of ether oxygens (including phenoxy) is 1. The van der Waals surface area contributed by atoms with Gasteiger partial charge in [-0.05, 0) is 19.8 Å². The van der Waals surface area contributed by atoms with Gasteiger partial charge in [-0.2, -0.15) is 0 Å². The molecule has 4 unspecified atom stereocenters. The van der Waals surface area contributed by atoms with Gasteiger partial charge in [0.25, 0.3) is 0 Å². The molecular weight excluding hydrogens is 409 g/mol. The summed E-state index contributed by atoms with van der Waals surface area (Å²) in [7, 11) is 0. The van der Waals surface area contributed by atoms with Crippen molar-refractivity contribution in [1.29, 1.82) is 0 Å². The molecule has 0 spiro atoms. The Morgan fingerprint density at radius 1 is 1.36 bits per heavy atom. The minimum atomic E-state index is 0. The van der Waals surface area contributed by atoms with Gasteiger partial charge < -0.3 is 15.0 Å². The van der Waals surface area contributed by atoms with Gasteiger partial charge in [0, 0.05) is 37.2 Å². The number of likely N-dealkylation sites (tertiary alicyclic amines) is 1. The number of aliphatic imine (C=N–C) groups is 1. The molecule has 3 fully saturated rings. The summed E-state index contributed by atoms with van der Waals surface area (Å²) < 4.78 is 6.04. The number of terminal acetylenes is 1. The lowest BCUT2D eigenvalue weighted by molar-refractivity contribution is 0.0767. The quantitative estimate of drug-likeness (QED) is 0.236. The lowest BCUT2D eigenvalue weighted by atomic mass is 9.82. The number of hydrogen-bond donors (Lipinski definition) is 1. The number of rotatable bonds is 5. The third kappa shape index (κ3) is 3.85. The zero-order chi connectivity index (χ0) is 14.7. The first kappa shape index (κ1) is 18.2. The summed E-state index contributed by atoms with van der Waals surface area (Å²) in [6.07, 6.45) is 8.81. The number of thioether (sulfide) groups is 1. The lowest BCUT2D eigenvalue weighted by Crippen LogP contribution is -2.41. The Bertz CT molecular complexity index is 422. The third-order valence-electron chi connectivity index (χ3n) is 4.77. The molecule has 3 aliphatic rings. The van der Waals surface area contributed by atoms with Crippen LogP contribution >= 0.6 is 35.7 Å². The van der Waals surface area contributed by atoms with E-state index in [0.29, 0.717) is 12.2 Å². The average molecular weight is 435 g/mol. The van der Waals surface area contributed by atoms with Crippen LogP contribution in [0.2, 0.25) is 0 Å². The molecule has 1 N–H and O–H groups in total. The zero-order valence-electron chi connectivity index (χ0n) is 13.2. The summed E-state index contributed by atoms with van der Waals surface area (Å²) >= 11 is 1.77. The molecule has 3 rings (SSSR count). The fraction of sp³-hybridized carbons (Fsp3) is 0.812. The summed E-state index contributed by atoms with van der Waals surface area (Å²) in [5.41, 5.74) is 0. The van der Waals surface area contributed by atoms with E-state index >= 15 is 0 Å². The van der Waals surface area contributed by atoms with Gasteiger partial charge in [-0.1, -0.05) is 5.92 Å². The highest BCUT2D eigenvalue weighted by Gasteiger charge is 2.53. The molecule has 124 valence electrons. The van der Waals surface area contributed by atoms with Crippen LogP contribution < -0.4 is 5.32 Å². The number of guanidine groups is 1. The van der Waals surface area contributed by atoms with Crippen molar-refractivity contribution >= 4 is 41.7 Å². The number of fused-ring (bicyclic) bond motifs is 5. The van der Waals surface area contributed by atoms with E-state index in [1.165, 1.54) is 12.8 Å². The highest BCUT2D eigenvalue weighted by atomic mass is 127. The standard InChI is InChI=1S/C16H25N3OS.HI/c1-3-8-21-9-7-18-16(17-4-2)19-10-12-13(11-19)15-6-5-14(12)20-15;/h1,12-15H,4-11H2,2H3,(H,17,18);1H. The molecule has 4 nitrogen and oxygen atoms in total. The van der Waals surface area contributed by atoms with Crippen LogP contribution in [0.25, 0.3) is 0 Å². The fourth-order valence-corrected chi connectivity index (χ4v) is 4.39. The summed E-state index contributed by atoms with van der Waals surface area (Å²) in [5, 5.41) is 3.44. The predicted octanol–water partition coefficient (Wildman–Crippen LogP) is 2.05. The summed E-state index contributed by atoms with van der Waals surface area (Å²) in [4.78, 5) is 7.21. The number of halogens is 1. The Labute approximate surface area is 155 Å². The minimum Gasteiger partial charge on any atom is -0.374 e. The molecule has 3 aliphatic heterocycles. The molecule has 4 atom stereocenters. The van der Waals surface area contributed by atoms with Gasteiger partial charge in [-0.25, -0.2) is 0 Å². The van der Waals surface area contributed by atoms with Crippen molar-refractivity contribution in [3.8, 4) is 12.3 Å². The summed E-state index contributed by atoms with van der Waals surface area (Å²) in [6.45, 7) is 6.10. The molecule has 2 bridgehead atoms. The molecule has 3 heterocycles. The van der Waals surface area contributed by atoms with E-state index in [4.69, 9.17) is 16.2 Å². The molecule has 6 heteroatoms. The van der Waals surface area contributed by atoms with Crippen molar-refractivity contribution in [3.63, 3.8) is 0 Å². The fourth-order valence-electron chi connectivity index (χ4n) is 3.91. The summed E-state index contributed by atoms with van der Waals surface area (Å²) in [6, 6.07) is 0. The van der Waals surface area contributed by atoms with Crippen LogP contribution in [-0.2, 0) is 4.74 Å². The molecule has 0 radical (unpaired) electrons. The van der Waals surface area contributed by atoms with E-state index in [-0.39, 0.29) is 24.0 Å². The second-order valence-corrected chi connectivity index (χ2v) is 7.12. The van der Waals surface area contributed by atoms with Crippen LogP contribution in [0.3, 0.4) is 0 Å². The molecule has 0 aromatic carbocycles. The predicted molar refractivity (Wildman–Crippen MR) is 104 cm³/mol. The second kappa shape index (κ2) is 8.65. The number of hydrogen-bond acceptors (Lipinski definition) is 3. The Morgan fingerprint density at radius 2 is 2.05 bits per heavy atom. The van der Waals surface area contributed by atoms with Crippen LogP contribution in [0.5, 0.6) is 0 Å². The molecule has 0 amide bonds. The molecular formula is C16H26IN3OS. The normalized spacial score (nSPS) is 32.5. The van der Waals surface area contributed by atoms with Crippen molar-refractivity contribution in [3.05, 3.63) is 0 Å². The monoisotopic (exact) mass is 435 g/mol. The van der Waals surface area contributed by atoms with E-state index in [0.717, 1.165) is 55.5 Å². The molecule has 0 aromatic rings. The van der Waals surface area contributed by atoms with E-state index < -0.39 is 0 Å². The topological polar surface area (TPSA) is 36.9 Å². The maximum absolute atomic E-state index is 6.04. The van der Waals surface area contributed by atoms with Crippen molar-refractivity contribution in [2.45, 2.75) is 32.0 Å². The molecule has 0 aliphatic carbocycles. The average Bonchev–Trinajstić information content (AvgIpc) is 3.18. The van der Waals surface area contributed by atoms with Crippen molar-refractivity contribution in [2.24, 2.45) is 16.8 Å². The van der Waals surface area contributed by atoms with Gasteiger partial charge in [-0.15, -0.1) is 42.2 Å². The first-order chi connectivity index (χ1) is 10.3. The maximum atomic E-state index is 6.04. The van der Waals surface area contributed by atoms with Crippen molar-refractivity contribution in [1.82, 2.24) is 10.2 Å². The van der Waals surface area contributed by atoms with Gasteiger partial charge in [-0.3, -0.25) is 4.99 Å². The molecule has 0 aromatic heterocycles. The van der Waals surface area contributed by atoms with E-state index in [1.54, 1.807) is 11.8 Å². The van der Waals surface area contributed by atoms with Gasteiger partial charge in [0.2, 0.25) is 0 Å². The maximum Gasteiger partial charge on any atom is 0.193 e. The van der Waals surface area contributed by atoms with Gasteiger partial charge in [0.1, 0.15) is 0 Å². The Kier molecular flexibility index (Phi) is 7.16. The highest BCUT2D eigenvalue weighted by molar-refractivity contribution is 14.0. The Balaban J connectivity index is 0.00000176. The first-order valence-corrected chi connectivity index (χ1v) is 9.19. The molecule has 0 saturated carbocycles. The zero-order valence-corrected chi connectivity index (χ0v) is 16.3.